The molecule has 17 heavy (non-hydrogen) atoms. The van der Waals surface area contributed by atoms with Crippen LogP contribution in [0.3, 0.4) is 0 Å². The summed E-state index contributed by atoms with van der Waals surface area (Å²) < 4.78 is 0. The molecule has 0 aromatic carbocycles. The van der Waals surface area contributed by atoms with Gasteiger partial charge >= 0.3 is 5.97 Å². The summed E-state index contributed by atoms with van der Waals surface area (Å²) in [6.07, 6.45) is 3.99. The van der Waals surface area contributed by atoms with E-state index >= 15 is 0 Å². The lowest BCUT2D eigenvalue weighted by Crippen LogP contribution is -2.25. The molecule has 0 fully saturated rings. The average Bonchev–Trinajstić information content (AvgIpc) is 2.34. The van der Waals surface area contributed by atoms with Crippen LogP contribution in [0.2, 0.25) is 0 Å². The molecule has 1 aromatic rings. The fraction of sp³-hybridized carbons (Fsp3) is 0.364. The standard InChI is InChI=1S/C11H14N2O3S/c1-3-9(10(11(14)15)13-16-2)17-8-4-6-12-7-5-8/h4-7,9H,3H2,1-2H3,(H,14,15). The third-order valence-electron chi connectivity index (χ3n) is 2.01. The number of rotatable bonds is 6. The van der Waals surface area contributed by atoms with Gasteiger partial charge < -0.3 is 9.94 Å². The highest BCUT2D eigenvalue weighted by Gasteiger charge is 2.23. The minimum atomic E-state index is -1.06. The molecule has 1 heterocycles. The zero-order chi connectivity index (χ0) is 12.7. The number of aliphatic carboxylic acids is 1. The van der Waals surface area contributed by atoms with Gasteiger partial charge in [0.05, 0.1) is 5.25 Å². The number of thioether (sulfide) groups is 1. The van der Waals surface area contributed by atoms with Gasteiger partial charge in [0.25, 0.3) is 0 Å². The van der Waals surface area contributed by atoms with E-state index in [0.29, 0.717) is 6.42 Å². The van der Waals surface area contributed by atoms with E-state index < -0.39 is 5.97 Å². The molecule has 0 bridgehead atoms. The Bertz CT molecular complexity index is 395. The maximum atomic E-state index is 11.0. The molecule has 0 amide bonds. The Hall–Kier alpha value is -1.56. The first-order valence-electron chi connectivity index (χ1n) is 5.10. The average molecular weight is 254 g/mol. The molecule has 0 aliphatic rings. The highest BCUT2D eigenvalue weighted by molar-refractivity contribution is 8.00. The Labute approximate surface area is 104 Å². The quantitative estimate of drug-likeness (QED) is 0.478. The second kappa shape index (κ2) is 6.90. The Balaban J connectivity index is 2.84. The minimum absolute atomic E-state index is 0.0248. The van der Waals surface area contributed by atoms with Crippen LogP contribution in [0.5, 0.6) is 0 Å². The van der Waals surface area contributed by atoms with E-state index in [1.165, 1.54) is 18.9 Å². The second-order valence-corrected chi connectivity index (χ2v) is 4.44. The summed E-state index contributed by atoms with van der Waals surface area (Å²) in [7, 11) is 1.34. The molecular weight excluding hydrogens is 240 g/mol. The smallest absolute Gasteiger partial charge is 0.354 e. The number of hydrogen-bond acceptors (Lipinski definition) is 5. The van der Waals surface area contributed by atoms with Gasteiger partial charge in [-0.2, -0.15) is 0 Å². The molecule has 1 atom stereocenters. The number of hydrogen-bond donors (Lipinski definition) is 1. The topological polar surface area (TPSA) is 71.8 Å². The van der Waals surface area contributed by atoms with E-state index in [-0.39, 0.29) is 11.0 Å². The molecule has 0 saturated carbocycles. The van der Waals surface area contributed by atoms with Crippen LogP contribution in [0.1, 0.15) is 13.3 Å². The van der Waals surface area contributed by atoms with Crippen molar-refractivity contribution in [2.45, 2.75) is 23.5 Å². The van der Waals surface area contributed by atoms with Gasteiger partial charge in [0.15, 0.2) is 5.71 Å². The highest BCUT2D eigenvalue weighted by atomic mass is 32.2. The largest absolute Gasteiger partial charge is 0.477 e. The second-order valence-electron chi connectivity index (χ2n) is 3.16. The van der Waals surface area contributed by atoms with Crippen LogP contribution >= 0.6 is 11.8 Å². The molecule has 92 valence electrons. The van der Waals surface area contributed by atoms with Gasteiger partial charge in [-0.3, -0.25) is 4.98 Å². The van der Waals surface area contributed by atoms with Crippen LogP contribution in [-0.4, -0.2) is 34.1 Å². The van der Waals surface area contributed by atoms with Crippen LogP contribution in [0.4, 0.5) is 0 Å². The lowest BCUT2D eigenvalue weighted by atomic mass is 10.2. The monoisotopic (exact) mass is 254 g/mol. The van der Waals surface area contributed by atoms with Crippen molar-refractivity contribution in [2.75, 3.05) is 7.11 Å². The van der Waals surface area contributed by atoms with Crippen molar-refractivity contribution >= 4 is 23.4 Å². The van der Waals surface area contributed by atoms with E-state index in [2.05, 4.69) is 15.0 Å². The van der Waals surface area contributed by atoms with E-state index in [9.17, 15) is 4.79 Å². The van der Waals surface area contributed by atoms with E-state index in [0.717, 1.165) is 4.90 Å². The zero-order valence-corrected chi connectivity index (χ0v) is 10.5. The number of oxime groups is 1. The molecule has 5 nitrogen and oxygen atoms in total. The molecule has 6 heteroatoms. The fourth-order valence-corrected chi connectivity index (χ4v) is 2.28. The summed E-state index contributed by atoms with van der Waals surface area (Å²) in [6.45, 7) is 1.91. The maximum absolute atomic E-state index is 11.0. The van der Waals surface area contributed by atoms with Crippen molar-refractivity contribution in [3.8, 4) is 0 Å². The van der Waals surface area contributed by atoms with Crippen molar-refractivity contribution in [1.29, 1.82) is 0 Å². The maximum Gasteiger partial charge on any atom is 0.354 e. The number of carboxylic acid groups (broad SMARTS) is 1. The first-order valence-corrected chi connectivity index (χ1v) is 5.98. The Kier molecular flexibility index (Phi) is 5.48. The summed E-state index contributed by atoms with van der Waals surface area (Å²) in [5.74, 6) is -1.06. The van der Waals surface area contributed by atoms with E-state index in [1.807, 2.05) is 19.1 Å². The third kappa shape index (κ3) is 4.07. The van der Waals surface area contributed by atoms with Gasteiger partial charge in [0, 0.05) is 17.3 Å². The van der Waals surface area contributed by atoms with Crippen molar-refractivity contribution in [1.82, 2.24) is 4.98 Å². The summed E-state index contributed by atoms with van der Waals surface area (Å²) in [6, 6.07) is 3.67. The third-order valence-corrected chi connectivity index (χ3v) is 3.40. The van der Waals surface area contributed by atoms with Crippen LogP contribution in [0.25, 0.3) is 0 Å². The van der Waals surface area contributed by atoms with Gasteiger partial charge in [-0.05, 0) is 18.6 Å². The van der Waals surface area contributed by atoms with Crippen molar-refractivity contribution < 1.29 is 14.7 Å². The van der Waals surface area contributed by atoms with E-state index in [1.54, 1.807) is 12.4 Å². The Morgan fingerprint density at radius 3 is 2.71 bits per heavy atom. The molecule has 1 aromatic heterocycles. The summed E-state index contributed by atoms with van der Waals surface area (Å²) >= 11 is 1.43. The molecule has 0 aliphatic carbocycles. The van der Waals surface area contributed by atoms with Crippen molar-refractivity contribution in [3.05, 3.63) is 24.5 Å². The molecule has 1 rings (SSSR count). The first-order chi connectivity index (χ1) is 8.19. The van der Waals surface area contributed by atoms with Gasteiger partial charge in [0.1, 0.15) is 7.11 Å². The van der Waals surface area contributed by atoms with Gasteiger partial charge in [-0.25, -0.2) is 4.79 Å². The number of carboxylic acids is 1. The number of aromatic nitrogens is 1. The zero-order valence-electron chi connectivity index (χ0n) is 9.66. The predicted octanol–water partition coefficient (Wildman–Crippen LogP) is 2.04. The molecule has 0 radical (unpaired) electrons. The molecular formula is C11H14N2O3S. The molecule has 1 unspecified atom stereocenters. The molecule has 0 aliphatic heterocycles. The van der Waals surface area contributed by atoms with E-state index in [4.69, 9.17) is 5.11 Å². The Morgan fingerprint density at radius 2 is 2.24 bits per heavy atom. The minimum Gasteiger partial charge on any atom is -0.477 e. The van der Waals surface area contributed by atoms with Gasteiger partial charge in [-0.15, -0.1) is 11.8 Å². The summed E-state index contributed by atoms with van der Waals surface area (Å²) in [4.78, 5) is 20.5. The normalized spacial score (nSPS) is 13.2. The lowest BCUT2D eigenvalue weighted by Gasteiger charge is -2.13. The fourth-order valence-electron chi connectivity index (χ4n) is 1.25. The Morgan fingerprint density at radius 1 is 1.59 bits per heavy atom. The summed E-state index contributed by atoms with van der Waals surface area (Å²) in [5.41, 5.74) is 0.0248. The van der Waals surface area contributed by atoms with Crippen molar-refractivity contribution in [3.63, 3.8) is 0 Å². The van der Waals surface area contributed by atoms with Crippen LogP contribution in [0, 0.1) is 0 Å². The van der Waals surface area contributed by atoms with Crippen LogP contribution in [-0.2, 0) is 9.63 Å². The van der Waals surface area contributed by atoms with Gasteiger partial charge in [-0.1, -0.05) is 12.1 Å². The molecule has 0 spiro atoms. The number of nitrogens with zero attached hydrogens (tertiary/aromatic N) is 2. The first kappa shape index (κ1) is 13.5. The highest BCUT2D eigenvalue weighted by Crippen LogP contribution is 2.25. The summed E-state index contributed by atoms with van der Waals surface area (Å²) in [5, 5.41) is 12.4. The molecule has 1 N–H and O–H groups in total. The van der Waals surface area contributed by atoms with Gasteiger partial charge in [0.2, 0.25) is 0 Å². The number of carbonyl (C=O) groups is 1. The van der Waals surface area contributed by atoms with Crippen molar-refractivity contribution in [2.24, 2.45) is 5.16 Å². The predicted molar refractivity (Wildman–Crippen MR) is 66.3 cm³/mol. The molecule has 0 saturated heterocycles. The SMILES string of the molecule is CCC(Sc1ccncc1)C(=NOC)C(=O)O. The van der Waals surface area contributed by atoms with Crippen LogP contribution < -0.4 is 0 Å². The lowest BCUT2D eigenvalue weighted by molar-refractivity contribution is -0.129. The van der Waals surface area contributed by atoms with Crippen LogP contribution in [0.15, 0.2) is 34.6 Å². The number of pyridine rings is 1.